The second-order valence-corrected chi connectivity index (χ2v) is 2.98. The zero-order chi connectivity index (χ0) is 7.49. The van der Waals surface area contributed by atoms with Gasteiger partial charge in [-0.15, -0.1) is 23.2 Å². The maximum atomic E-state index is 10.5. The molecule has 0 rings (SSSR count). The summed E-state index contributed by atoms with van der Waals surface area (Å²) in [6.07, 6.45) is 0. The summed E-state index contributed by atoms with van der Waals surface area (Å²) in [5, 5.41) is -0.479. The lowest BCUT2D eigenvalue weighted by Gasteiger charge is -2.17. The Labute approximate surface area is 69.3 Å². The number of halogens is 3. The summed E-state index contributed by atoms with van der Waals surface area (Å²) >= 11 is 16.0. The van der Waals surface area contributed by atoms with E-state index in [1.165, 1.54) is 0 Å². The van der Waals surface area contributed by atoms with E-state index in [1.54, 1.807) is 6.92 Å². The Kier molecular flexibility index (Phi) is 3.86. The molecule has 0 aliphatic rings. The van der Waals surface area contributed by atoms with Crippen LogP contribution in [0.3, 0.4) is 0 Å². The smallest absolute Gasteiger partial charge is 0.229 e. The van der Waals surface area contributed by atoms with E-state index in [9.17, 15) is 4.79 Å². The predicted octanol–water partition coefficient (Wildman–Crippen LogP) is 2.24. The summed E-state index contributed by atoms with van der Waals surface area (Å²) in [5.41, 5.74) is -0.759. The van der Waals surface area contributed by atoms with E-state index in [4.69, 9.17) is 34.8 Å². The molecule has 0 aromatic carbocycles. The van der Waals surface area contributed by atoms with Gasteiger partial charge in [-0.05, 0) is 18.5 Å². The first kappa shape index (κ1) is 9.54. The number of rotatable bonds is 3. The molecule has 0 aromatic rings. The molecule has 0 saturated carbocycles. The first-order valence-corrected chi connectivity index (χ1v) is 3.83. The van der Waals surface area contributed by atoms with Crippen molar-refractivity contribution in [2.45, 2.75) is 6.92 Å². The van der Waals surface area contributed by atoms with Crippen molar-refractivity contribution in [2.75, 3.05) is 11.8 Å². The van der Waals surface area contributed by atoms with Crippen LogP contribution in [-0.4, -0.2) is 17.0 Å². The fraction of sp³-hybridized carbons (Fsp3) is 0.800. The van der Waals surface area contributed by atoms with E-state index < -0.39 is 10.7 Å². The van der Waals surface area contributed by atoms with Crippen molar-refractivity contribution in [1.29, 1.82) is 0 Å². The minimum Gasteiger partial charge on any atom is -0.281 e. The second kappa shape index (κ2) is 3.65. The van der Waals surface area contributed by atoms with E-state index in [2.05, 4.69) is 0 Å². The topological polar surface area (TPSA) is 17.1 Å². The van der Waals surface area contributed by atoms with Crippen LogP contribution in [0.1, 0.15) is 6.92 Å². The standard InChI is InChI=1S/C5H7Cl3O/c1-5(2-6,3-7)4(8)9/h2-3H2,1H3. The Morgan fingerprint density at radius 2 is 1.78 bits per heavy atom. The summed E-state index contributed by atoms with van der Waals surface area (Å²) < 4.78 is 0. The zero-order valence-corrected chi connectivity index (χ0v) is 7.22. The molecule has 0 saturated heterocycles. The largest absolute Gasteiger partial charge is 0.281 e. The van der Waals surface area contributed by atoms with Crippen molar-refractivity contribution in [3.8, 4) is 0 Å². The lowest BCUT2D eigenvalue weighted by atomic mass is 9.99. The predicted molar refractivity (Wildman–Crippen MR) is 40.4 cm³/mol. The van der Waals surface area contributed by atoms with Gasteiger partial charge in [0.15, 0.2) is 0 Å². The molecule has 0 heterocycles. The molecule has 0 aliphatic carbocycles. The molecule has 0 atom stereocenters. The van der Waals surface area contributed by atoms with E-state index in [0.717, 1.165) is 0 Å². The highest BCUT2D eigenvalue weighted by Gasteiger charge is 2.29. The maximum Gasteiger partial charge on any atom is 0.229 e. The van der Waals surface area contributed by atoms with Crippen LogP contribution in [0.5, 0.6) is 0 Å². The van der Waals surface area contributed by atoms with Crippen molar-refractivity contribution in [1.82, 2.24) is 0 Å². The van der Waals surface area contributed by atoms with Gasteiger partial charge in [0.2, 0.25) is 5.24 Å². The summed E-state index contributed by atoms with van der Waals surface area (Å²) in [7, 11) is 0. The maximum absolute atomic E-state index is 10.5. The van der Waals surface area contributed by atoms with Crippen LogP contribution in [0.2, 0.25) is 0 Å². The van der Waals surface area contributed by atoms with Crippen molar-refractivity contribution in [3.05, 3.63) is 0 Å². The SMILES string of the molecule is CC(CCl)(CCl)C(=O)Cl. The molecular formula is C5H7Cl3O. The lowest BCUT2D eigenvalue weighted by molar-refractivity contribution is -0.117. The lowest BCUT2D eigenvalue weighted by Crippen LogP contribution is -2.27. The number of alkyl halides is 2. The first-order valence-electron chi connectivity index (χ1n) is 2.38. The molecule has 54 valence electrons. The zero-order valence-electron chi connectivity index (χ0n) is 4.96. The third kappa shape index (κ3) is 2.32. The van der Waals surface area contributed by atoms with Crippen molar-refractivity contribution >= 4 is 40.0 Å². The normalized spacial score (nSPS) is 11.6. The number of hydrogen-bond acceptors (Lipinski definition) is 1. The minimum atomic E-state index is -0.759. The van der Waals surface area contributed by atoms with Crippen molar-refractivity contribution < 1.29 is 4.79 Å². The molecule has 4 heteroatoms. The fourth-order valence-corrected chi connectivity index (χ4v) is 0.940. The van der Waals surface area contributed by atoms with Crippen molar-refractivity contribution in [2.24, 2.45) is 5.41 Å². The van der Waals surface area contributed by atoms with Crippen LogP contribution in [0, 0.1) is 5.41 Å². The molecule has 0 bridgehead atoms. The third-order valence-corrected chi connectivity index (χ3v) is 2.70. The van der Waals surface area contributed by atoms with Gasteiger partial charge in [0.05, 0.1) is 5.41 Å². The molecular weight excluding hydrogens is 182 g/mol. The van der Waals surface area contributed by atoms with Crippen LogP contribution in [0.25, 0.3) is 0 Å². The van der Waals surface area contributed by atoms with Gasteiger partial charge in [0, 0.05) is 11.8 Å². The van der Waals surface area contributed by atoms with E-state index in [-0.39, 0.29) is 11.8 Å². The average Bonchev–Trinajstić information content (AvgIpc) is 1.86. The number of hydrogen-bond donors (Lipinski definition) is 0. The van der Waals surface area contributed by atoms with Gasteiger partial charge < -0.3 is 0 Å². The molecule has 0 amide bonds. The molecule has 0 fully saturated rings. The van der Waals surface area contributed by atoms with Gasteiger partial charge in [-0.3, -0.25) is 4.79 Å². The molecule has 0 aromatic heterocycles. The van der Waals surface area contributed by atoms with Gasteiger partial charge in [-0.1, -0.05) is 0 Å². The Hall–Kier alpha value is 0.540. The number of carbonyl (C=O) groups is 1. The van der Waals surface area contributed by atoms with E-state index in [0.29, 0.717) is 0 Å². The average molecular weight is 189 g/mol. The van der Waals surface area contributed by atoms with Gasteiger partial charge >= 0.3 is 0 Å². The monoisotopic (exact) mass is 188 g/mol. The summed E-state index contributed by atoms with van der Waals surface area (Å²) in [6.45, 7) is 1.63. The molecule has 9 heavy (non-hydrogen) atoms. The number of carbonyl (C=O) groups excluding carboxylic acids is 1. The Morgan fingerprint density at radius 1 is 1.44 bits per heavy atom. The molecule has 0 radical (unpaired) electrons. The van der Waals surface area contributed by atoms with Gasteiger partial charge in [-0.25, -0.2) is 0 Å². The Morgan fingerprint density at radius 3 is 1.78 bits per heavy atom. The van der Waals surface area contributed by atoms with E-state index in [1.807, 2.05) is 0 Å². The molecule has 0 unspecified atom stereocenters. The second-order valence-electron chi connectivity index (χ2n) is 2.10. The fourth-order valence-electron chi connectivity index (χ4n) is 0.141. The highest BCUT2D eigenvalue weighted by molar-refractivity contribution is 6.65. The third-order valence-electron chi connectivity index (χ3n) is 1.06. The van der Waals surface area contributed by atoms with Crippen LogP contribution in [0.15, 0.2) is 0 Å². The van der Waals surface area contributed by atoms with Crippen LogP contribution in [-0.2, 0) is 4.79 Å². The summed E-state index contributed by atoms with van der Waals surface area (Å²) in [5.74, 6) is 0.331. The van der Waals surface area contributed by atoms with Crippen LogP contribution < -0.4 is 0 Å². The highest BCUT2D eigenvalue weighted by Crippen LogP contribution is 2.23. The summed E-state index contributed by atoms with van der Waals surface area (Å²) in [6, 6.07) is 0. The first-order chi connectivity index (χ1) is 4.06. The van der Waals surface area contributed by atoms with Gasteiger partial charge in [0.1, 0.15) is 0 Å². The van der Waals surface area contributed by atoms with Crippen LogP contribution >= 0.6 is 34.8 Å². The quantitative estimate of drug-likeness (QED) is 0.492. The summed E-state index contributed by atoms with van der Waals surface area (Å²) in [4.78, 5) is 10.5. The Bertz CT molecular complexity index is 109. The molecule has 0 spiro atoms. The highest BCUT2D eigenvalue weighted by atomic mass is 35.5. The van der Waals surface area contributed by atoms with Gasteiger partial charge in [-0.2, -0.15) is 0 Å². The van der Waals surface area contributed by atoms with Crippen molar-refractivity contribution in [3.63, 3.8) is 0 Å². The van der Waals surface area contributed by atoms with Crippen LogP contribution in [0.4, 0.5) is 0 Å². The minimum absolute atomic E-state index is 0.166. The molecule has 0 N–H and O–H groups in total. The molecule has 1 nitrogen and oxygen atoms in total. The van der Waals surface area contributed by atoms with Gasteiger partial charge in [0.25, 0.3) is 0 Å². The molecule has 0 aliphatic heterocycles. The van der Waals surface area contributed by atoms with E-state index >= 15 is 0 Å². The Balaban J connectivity index is 4.09.